The Morgan fingerprint density at radius 1 is 1.36 bits per heavy atom. The molecule has 1 aromatic carbocycles. The summed E-state index contributed by atoms with van der Waals surface area (Å²) in [4.78, 5) is 16.1. The minimum absolute atomic E-state index is 0.0653. The highest BCUT2D eigenvalue weighted by molar-refractivity contribution is 5.89. The van der Waals surface area contributed by atoms with Gasteiger partial charge in [0.1, 0.15) is 11.9 Å². The number of pyridine rings is 1. The lowest BCUT2D eigenvalue weighted by Gasteiger charge is -2.07. The van der Waals surface area contributed by atoms with Crippen molar-refractivity contribution in [3.8, 4) is 23.0 Å². The number of hydrogen-bond donors (Lipinski definition) is 0. The van der Waals surface area contributed by atoms with Crippen LogP contribution in [0.25, 0.3) is 16.9 Å². The summed E-state index contributed by atoms with van der Waals surface area (Å²) in [5.74, 6) is -1.23. The molecule has 0 bridgehead atoms. The zero-order valence-corrected chi connectivity index (χ0v) is 13.3. The Hall–Kier alpha value is -3.53. The third kappa shape index (κ3) is 3.23. The summed E-state index contributed by atoms with van der Waals surface area (Å²) in [6.45, 7) is 1.92. The number of rotatable bonds is 4. The molecule has 3 aromatic rings. The molecule has 0 saturated carbocycles. The van der Waals surface area contributed by atoms with E-state index in [4.69, 9.17) is 10.00 Å². The summed E-state index contributed by atoms with van der Waals surface area (Å²) in [6, 6.07) is 11.0. The first-order valence-electron chi connectivity index (χ1n) is 7.51. The van der Waals surface area contributed by atoms with Crippen LogP contribution < -0.4 is 0 Å². The van der Waals surface area contributed by atoms with Gasteiger partial charge in [-0.3, -0.25) is 4.98 Å². The summed E-state index contributed by atoms with van der Waals surface area (Å²) in [6.07, 6.45) is 3.24. The normalized spacial score (nSPS) is 10.3. The molecule has 6 nitrogen and oxygen atoms in total. The number of nitrogens with zero attached hydrogens (tertiary/aromatic N) is 4. The van der Waals surface area contributed by atoms with Gasteiger partial charge in [-0.1, -0.05) is 0 Å². The number of carbonyl (C=O) groups is 1. The Morgan fingerprint density at radius 3 is 2.84 bits per heavy atom. The van der Waals surface area contributed by atoms with E-state index in [0.29, 0.717) is 16.9 Å². The lowest BCUT2D eigenvalue weighted by atomic mass is 10.1. The Bertz CT molecular complexity index is 961. The molecule has 7 heteroatoms. The third-order valence-electron chi connectivity index (χ3n) is 3.47. The molecule has 0 saturated heterocycles. The van der Waals surface area contributed by atoms with Crippen LogP contribution in [-0.2, 0) is 4.74 Å². The van der Waals surface area contributed by atoms with Gasteiger partial charge in [0.15, 0.2) is 5.69 Å². The SMILES string of the molecule is CCOC(=O)c1cc(-c2cccnc2)n(-c2ccc(C#N)c(F)c2)n1. The zero-order valence-electron chi connectivity index (χ0n) is 13.3. The lowest BCUT2D eigenvalue weighted by molar-refractivity contribution is 0.0519. The highest BCUT2D eigenvalue weighted by atomic mass is 19.1. The average molecular weight is 336 g/mol. The number of benzene rings is 1. The van der Waals surface area contributed by atoms with Gasteiger partial charge < -0.3 is 4.74 Å². The van der Waals surface area contributed by atoms with E-state index in [1.165, 1.54) is 16.8 Å². The van der Waals surface area contributed by atoms with Crippen molar-refractivity contribution in [2.24, 2.45) is 0 Å². The predicted octanol–water partition coefficient (Wildman–Crippen LogP) is 3.12. The van der Waals surface area contributed by atoms with Crippen LogP contribution in [0.2, 0.25) is 0 Å². The van der Waals surface area contributed by atoms with E-state index in [-0.39, 0.29) is 17.9 Å². The molecular weight excluding hydrogens is 323 g/mol. The van der Waals surface area contributed by atoms with Gasteiger partial charge in [0, 0.05) is 24.0 Å². The number of halogens is 1. The largest absolute Gasteiger partial charge is 0.461 e. The maximum absolute atomic E-state index is 14.0. The van der Waals surface area contributed by atoms with E-state index in [9.17, 15) is 9.18 Å². The van der Waals surface area contributed by atoms with E-state index in [1.807, 2.05) is 0 Å². The van der Waals surface area contributed by atoms with Crippen molar-refractivity contribution in [1.29, 1.82) is 5.26 Å². The number of esters is 1. The van der Waals surface area contributed by atoms with E-state index < -0.39 is 11.8 Å². The second kappa shape index (κ2) is 6.93. The van der Waals surface area contributed by atoms with Gasteiger partial charge in [0.25, 0.3) is 0 Å². The standard InChI is InChI=1S/C18H13FN4O2/c1-2-25-18(24)16-9-17(13-4-3-7-21-11-13)23(22-16)14-6-5-12(10-20)15(19)8-14/h3-9,11H,2H2,1H3. The Morgan fingerprint density at radius 2 is 2.20 bits per heavy atom. The molecule has 0 unspecified atom stereocenters. The maximum Gasteiger partial charge on any atom is 0.358 e. The quantitative estimate of drug-likeness (QED) is 0.684. The van der Waals surface area contributed by atoms with Crippen molar-refractivity contribution in [1.82, 2.24) is 14.8 Å². The van der Waals surface area contributed by atoms with Crippen LogP contribution in [0.15, 0.2) is 48.8 Å². The first-order valence-corrected chi connectivity index (χ1v) is 7.51. The predicted molar refractivity (Wildman–Crippen MR) is 87.4 cm³/mol. The second-order valence-corrected chi connectivity index (χ2v) is 5.06. The third-order valence-corrected chi connectivity index (χ3v) is 3.47. The number of nitriles is 1. The molecule has 0 aliphatic rings. The van der Waals surface area contributed by atoms with E-state index >= 15 is 0 Å². The van der Waals surface area contributed by atoms with Crippen LogP contribution in [0.3, 0.4) is 0 Å². The molecule has 0 amide bonds. The van der Waals surface area contributed by atoms with Crippen LogP contribution in [0.5, 0.6) is 0 Å². The van der Waals surface area contributed by atoms with Crippen LogP contribution in [0.1, 0.15) is 23.0 Å². The van der Waals surface area contributed by atoms with E-state index in [2.05, 4.69) is 10.1 Å². The maximum atomic E-state index is 14.0. The molecule has 2 aromatic heterocycles. The van der Waals surface area contributed by atoms with Crippen molar-refractivity contribution in [2.75, 3.05) is 6.61 Å². The molecular formula is C18H13FN4O2. The van der Waals surface area contributed by atoms with Gasteiger partial charge in [-0.2, -0.15) is 10.4 Å². The Labute approximate surface area is 143 Å². The first kappa shape index (κ1) is 16.3. The molecule has 0 aliphatic carbocycles. The van der Waals surface area contributed by atoms with Crippen LogP contribution in [0, 0.1) is 17.1 Å². The summed E-state index contributed by atoms with van der Waals surface area (Å²) < 4.78 is 20.4. The number of ether oxygens (including phenoxy) is 1. The number of hydrogen-bond acceptors (Lipinski definition) is 5. The summed E-state index contributed by atoms with van der Waals surface area (Å²) in [5.41, 5.74) is 1.68. The van der Waals surface area contributed by atoms with Crippen molar-refractivity contribution in [3.05, 3.63) is 65.9 Å². The molecule has 0 spiro atoms. The fraction of sp³-hybridized carbons (Fsp3) is 0.111. The zero-order chi connectivity index (χ0) is 17.8. The fourth-order valence-electron chi connectivity index (χ4n) is 2.33. The Kier molecular flexibility index (Phi) is 4.53. The number of carbonyl (C=O) groups excluding carboxylic acids is 1. The van der Waals surface area contributed by atoms with Gasteiger partial charge in [0.2, 0.25) is 0 Å². The van der Waals surface area contributed by atoms with Gasteiger partial charge in [-0.25, -0.2) is 13.9 Å². The van der Waals surface area contributed by atoms with E-state index in [1.54, 1.807) is 49.7 Å². The van der Waals surface area contributed by atoms with Crippen LogP contribution >= 0.6 is 0 Å². The Balaban J connectivity index is 2.16. The second-order valence-electron chi connectivity index (χ2n) is 5.06. The molecule has 124 valence electrons. The monoisotopic (exact) mass is 336 g/mol. The summed E-state index contributed by atoms with van der Waals surface area (Å²) >= 11 is 0. The molecule has 0 aliphatic heterocycles. The molecule has 2 heterocycles. The minimum Gasteiger partial charge on any atom is -0.461 e. The van der Waals surface area contributed by atoms with Gasteiger partial charge >= 0.3 is 5.97 Å². The fourth-order valence-corrected chi connectivity index (χ4v) is 2.33. The van der Waals surface area contributed by atoms with Gasteiger partial charge in [-0.15, -0.1) is 0 Å². The van der Waals surface area contributed by atoms with Crippen molar-refractivity contribution in [3.63, 3.8) is 0 Å². The van der Waals surface area contributed by atoms with Gasteiger partial charge in [0.05, 0.1) is 23.6 Å². The molecule has 3 rings (SSSR count). The molecule has 0 fully saturated rings. The minimum atomic E-state index is -0.662. The summed E-state index contributed by atoms with van der Waals surface area (Å²) in [5, 5.41) is 13.1. The first-order chi connectivity index (χ1) is 12.1. The molecule has 25 heavy (non-hydrogen) atoms. The van der Waals surface area contributed by atoms with Gasteiger partial charge in [-0.05, 0) is 37.3 Å². The number of aromatic nitrogens is 3. The van der Waals surface area contributed by atoms with Crippen LogP contribution in [-0.4, -0.2) is 27.3 Å². The molecule has 0 N–H and O–H groups in total. The molecule has 0 radical (unpaired) electrons. The highest BCUT2D eigenvalue weighted by Gasteiger charge is 2.18. The average Bonchev–Trinajstić information content (AvgIpc) is 3.08. The van der Waals surface area contributed by atoms with Crippen LogP contribution in [0.4, 0.5) is 4.39 Å². The summed E-state index contributed by atoms with van der Waals surface area (Å²) in [7, 11) is 0. The highest BCUT2D eigenvalue weighted by Crippen LogP contribution is 2.24. The smallest absolute Gasteiger partial charge is 0.358 e. The van der Waals surface area contributed by atoms with Crippen molar-refractivity contribution in [2.45, 2.75) is 6.92 Å². The van der Waals surface area contributed by atoms with Crippen molar-refractivity contribution >= 4 is 5.97 Å². The van der Waals surface area contributed by atoms with Crippen molar-refractivity contribution < 1.29 is 13.9 Å². The molecule has 0 atom stereocenters. The topological polar surface area (TPSA) is 80.8 Å². The lowest BCUT2D eigenvalue weighted by Crippen LogP contribution is -2.07. The van der Waals surface area contributed by atoms with E-state index in [0.717, 1.165) is 0 Å².